The van der Waals surface area contributed by atoms with Gasteiger partial charge >= 0.3 is 0 Å². The summed E-state index contributed by atoms with van der Waals surface area (Å²) in [6.45, 7) is 0. The van der Waals surface area contributed by atoms with E-state index in [1.54, 1.807) is 6.20 Å². The highest BCUT2D eigenvalue weighted by Crippen LogP contribution is 2.33. The highest BCUT2D eigenvalue weighted by molar-refractivity contribution is 7.99. The average molecular weight is 210 g/mol. The zero-order valence-electron chi connectivity index (χ0n) is 7.98. The summed E-state index contributed by atoms with van der Waals surface area (Å²) in [5.74, 6) is 5.63. The number of thioether (sulfide) groups is 1. The molecule has 1 aromatic heterocycles. The maximum absolute atomic E-state index is 5.02. The maximum atomic E-state index is 5.02. The van der Waals surface area contributed by atoms with Crippen LogP contribution in [-0.2, 0) is 0 Å². The molecule has 0 aromatic carbocycles. The van der Waals surface area contributed by atoms with E-state index in [-0.39, 0.29) is 0 Å². The fourth-order valence-electron chi connectivity index (χ4n) is 1.68. The Morgan fingerprint density at radius 1 is 1.36 bits per heavy atom. The topological polar surface area (TPSA) is 48.1 Å². The summed E-state index contributed by atoms with van der Waals surface area (Å²) in [6, 6.07) is 3.81. The van der Waals surface area contributed by atoms with Gasteiger partial charge in [-0.15, -0.1) is 11.8 Å². The minimum Gasteiger partial charge on any atom is -0.410 e. The van der Waals surface area contributed by atoms with Gasteiger partial charge in [0.15, 0.2) is 5.75 Å². The molecule has 1 aliphatic rings. The van der Waals surface area contributed by atoms with Crippen molar-refractivity contribution in [1.82, 2.24) is 4.98 Å². The first kappa shape index (κ1) is 9.80. The van der Waals surface area contributed by atoms with Gasteiger partial charge in [-0.1, -0.05) is 12.8 Å². The summed E-state index contributed by atoms with van der Waals surface area (Å²) in [7, 11) is 0. The molecule has 0 atom stereocenters. The molecule has 0 radical (unpaired) electrons. The third kappa shape index (κ3) is 2.39. The van der Waals surface area contributed by atoms with Crippen molar-refractivity contribution in [3.8, 4) is 5.75 Å². The van der Waals surface area contributed by atoms with Crippen molar-refractivity contribution < 1.29 is 4.84 Å². The summed E-state index contributed by atoms with van der Waals surface area (Å²) in [6.07, 6.45) is 7.03. The summed E-state index contributed by atoms with van der Waals surface area (Å²) < 4.78 is 0. The van der Waals surface area contributed by atoms with Crippen molar-refractivity contribution in [2.75, 3.05) is 0 Å². The second kappa shape index (κ2) is 4.66. The largest absolute Gasteiger partial charge is 0.410 e. The van der Waals surface area contributed by atoms with E-state index < -0.39 is 0 Å². The van der Waals surface area contributed by atoms with Crippen molar-refractivity contribution in [3.63, 3.8) is 0 Å². The monoisotopic (exact) mass is 210 g/mol. The van der Waals surface area contributed by atoms with Gasteiger partial charge in [0, 0.05) is 5.25 Å². The lowest BCUT2D eigenvalue weighted by atomic mass is 10.4. The van der Waals surface area contributed by atoms with Crippen LogP contribution in [0.15, 0.2) is 23.4 Å². The van der Waals surface area contributed by atoms with Crippen LogP contribution in [0.4, 0.5) is 0 Å². The van der Waals surface area contributed by atoms with Crippen LogP contribution in [0.3, 0.4) is 0 Å². The van der Waals surface area contributed by atoms with Crippen LogP contribution in [0.5, 0.6) is 5.75 Å². The molecule has 4 heteroatoms. The molecule has 3 nitrogen and oxygen atoms in total. The maximum Gasteiger partial charge on any atom is 0.165 e. The average Bonchev–Trinajstić information content (AvgIpc) is 2.72. The van der Waals surface area contributed by atoms with E-state index in [1.165, 1.54) is 25.7 Å². The molecular weight excluding hydrogens is 196 g/mol. The molecule has 1 aliphatic carbocycles. The normalized spacial score (nSPS) is 17.2. The molecule has 0 aliphatic heterocycles. The highest BCUT2D eigenvalue weighted by Gasteiger charge is 2.16. The van der Waals surface area contributed by atoms with E-state index in [0.29, 0.717) is 5.75 Å². The van der Waals surface area contributed by atoms with E-state index in [2.05, 4.69) is 9.82 Å². The van der Waals surface area contributed by atoms with E-state index in [1.807, 2.05) is 23.9 Å². The minimum atomic E-state index is 0.612. The molecule has 76 valence electrons. The summed E-state index contributed by atoms with van der Waals surface area (Å²) in [4.78, 5) is 8.84. The number of rotatable bonds is 3. The highest BCUT2D eigenvalue weighted by atomic mass is 32.2. The third-order valence-corrected chi connectivity index (χ3v) is 3.72. The zero-order chi connectivity index (χ0) is 9.80. The van der Waals surface area contributed by atoms with Gasteiger partial charge in [-0.2, -0.15) is 5.90 Å². The van der Waals surface area contributed by atoms with Crippen molar-refractivity contribution in [2.24, 2.45) is 5.90 Å². The van der Waals surface area contributed by atoms with Gasteiger partial charge in [0.05, 0.1) is 11.2 Å². The Morgan fingerprint density at radius 2 is 2.14 bits per heavy atom. The summed E-state index contributed by atoms with van der Waals surface area (Å²) in [5, 5.41) is 1.82. The standard InChI is InChI=1S/C10H14N2OS/c11-13-8-5-6-10(12-7-8)14-9-3-1-2-4-9/h5-7,9H,1-4,11H2. The Kier molecular flexibility index (Phi) is 3.26. The Hall–Kier alpha value is -0.740. The number of hydrogen-bond donors (Lipinski definition) is 1. The van der Waals surface area contributed by atoms with Crippen LogP contribution in [-0.4, -0.2) is 10.2 Å². The summed E-state index contributed by atoms with van der Waals surface area (Å²) >= 11 is 1.86. The van der Waals surface area contributed by atoms with Crippen LogP contribution in [0.2, 0.25) is 0 Å². The molecule has 0 unspecified atom stereocenters. The van der Waals surface area contributed by atoms with Gasteiger partial charge in [0.2, 0.25) is 0 Å². The Labute approximate surface area is 88.0 Å². The molecule has 14 heavy (non-hydrogen) atoms. The van der Waals surface area contributed by atoms with Crippen molar-refractivity contribution in [1.29, 1.82) is 0 Å². The molecule has 2 rings (SSSR count). The first-order chi connectivity index (χ1) is 6.88. The lowest BCUT2D eigenvalue weighted by Gasteiger charge is -2.07. The quantitative estimate of drug-likeness (QED) is 0.778. The molecular formula is C10H14N2OS. The fourth-order valence-corrected chi connectivity index (χ4v) is 2.85. The van der Waals surface area contributed by atoms with E-state index in [9.17, 15) is 0 Å². The van der Waals surface area contributed by atoms with Crippen molar-refractivity contribution >= 4 is 11.8 Å². The molecule has 1 heterocycles. The summed E-state index contributed by atoms with van der Waals surface area (Å²) in [5.41, 5.74) is 0. The number of pyridine rings is 1. The predicted octanol–water partition coefficient (Wildman–Crippen LogP) is 2.37. The molecule has 1 aromatic rings. The first-order valence-electron chi connectivity index (χ1n) is 4.88. The smallest absolute Gasteiger partial charge is 0.165 e. The third-order valence-electron chi connectivity index (χ3n) is 2.43. The van der Waals surface area contributed by atoms with Crippen LogP contribution in [0, 0.1) is 0 Å². The fraction of sp³-hybridized carbons (Fsp3) is 0.500. The van der Waals surface area contributed by atoms with Gasteiger partial charge in [-0.05, 0) is 25.0 Å². The number of nitrogens with two attached hydrogens (primary N) is 1. The Morgan fingerprint density at radius 3 is 2.71 bits per heavy atom. The van der Waals surface area contributed by atoms with Crippen molar-refractivity contribution in [3.05, 3.63) is 18.3 Å². The van der Waals surface area contributed by atoms with E-state index in [0.717, 1.165) is 10.3 Å². The zero-order valence-corrected chi connectivity index (χ0v) is 8.80. The molecule has 1 saturated carbocycles. The second-order valence-corrected chi connectivity index (χ2v) is 4.79. The van der Waals surface area contributed by atoms with Gasteiger partial charge in [-0.3, -0.25) is 0 Å². The van der Waals surface area contributed by atoms with Crippen LogP contribution in [0.25, 0.3) is 0 Å². The number of nitrogens with zero attached hydrogens (tertiary/aromatic N) is 1. The Balaban J connectivity index is 1.95. The van der Waals surface area contributed by atoms with Crippen LogP contribution >= 0.6 is 11.8 Å². The SMILES string of the molecule is NOc1ccc(SC2CCCC2)nc1. The number of hydrogen-bond acceptors (Lipinski definition) is 4. The minimum absolute atomic E-state index is 0.612. The number of aromatic nitrogens is 1. The molecule has 0 amide bonds. The van der Waals surface area contributed by atoms with Crippen molar-refractivity contribution in [2.45, 2.75) is 36.0 Å². The lowest BCUT2D eigenvalue weighted by molar-refractivity contribution is 0.332. The first-order valence-corrected chi connectivity index (χ1v) is 5.76. The van der Waals surface area contributed by atoms with Gasteiger partial charge in [0.1, 0.15) is 0 Å². The Bertz CT molecular complexity index is 283. The van der Waals surface area contributed by atoms with Crippen LogP contribution < -0.4 is 10.7 Å². The molecule has 0 saturated heterocycles. The van der Waals surface area contributed by atoms with Crippen LogP contribution in [0.1, 0.15) is 25.7 Å². The molecule has 2 N–H and O–H groups in total. The molecule has 0 bridgehead atoms. The lowest BCUT2D eigenvalue weighted by Crippen LogP contribution is -2.02. The second-order valence-electron chi connectivity index (χ2n) is 3.47. The molecule has 0 spiro atoms. The van der Waals surface area contributed by atoms with Gasteiger partial charge in [-0.25, -0.2) is 4.98 Å². The molecule has 1 fully saturated rings. The predicted molar refractivity (Wildman–Crippen MR) is 57.2 cm³/mol. The van der Waals surface area contributed by atoms with E-state index >= 15 is 0 Å². The van der Waals surface area contributed by atoms with Gasteiger partial charge in [0.25, 0.3) is 0 Å². The van der Waals surface area contributed by atoms with Gasteiger partial charge < -0.3 is 4.84 Å². The van der Waals surface area contributed by atoms with E-state index in [4.69, 9.17) is 5.90 Å².